The van der Waals surface area contributed by atoms with Crippen LogP contribution in [0.4, 0.5) is 0 Å². The van der Waals surface area contributed by atoms with E-state index in [1.165, 1.54) is 0 Å². The van der Waals surface area contributed by atoms with Crippen LogP contribution in [-0.2, 0) is 14.3 Å². The second-order valence-electron chi connectivity index (χ2n) is 2.50. The van der Waals surface area contributed by atoms with Gasteiger partial charge in [0.2, 0.25) is 5.78 Å². The fourth-order valence-corrected chi connectivity index (χ4v) is 1.09. The Kier molecular flexibility index (Phi) is 1.74. The molecule has 0 aromatic carbocycles. The number of rotatable bonds is 1. The van der Waals surface area contributed by atoms with Crippen molar-refractivity contribution in [1.29, 1.82) is 0 Å². The van der Waals surface area contributed by atoms with E-state index in [9.17, 15) is 9.59 Å². The SMILES string of the molecule is CC[C@H]1OC(=O)C(=O)[C@H]1C. The number of cyclic esters (lactones) is 1. The van der Waals surface area contributed by atoms with E-state index >= 15 is 0 Å². The summed E-state index contributed by atoms with van der Waals surface area (Å²) in [4.78, 5) is 21.4. The van der Waals surface area contributed by atoms with Crippen molar-refractivity contribution in [3.8, 4) is 0 Å². The molecule has 10 heavy (non-hydrogen) atoms. The molecule has 0 spiro atoms. The van der Waals surface area contributed by atoms with Gasteiger partial charge in [0.05, 0.1) is 5.92 Å². The highest BCUT2D eigenvalue weighted by Gasteiger charge is 2.38. The second-order valence-corrected chi connectivity index (χ2v) is 2.50. The number of carbonyl (C=O) groups is 2. The molecular weight excluding hydrogens is 132 g/mol. The van der Waals surface area contributed by atoms with Crippen LogP contribution in [0.1, 0.15) is 20.3 Å². The van der Waals surface area contributed by atoms with Gasteiger partial charge in [-0.05, 0) is 6.42 Å². The number of esters is 1. The van der Waals surface area contributed by atoms with Crippen LogP contribution in [0.2, 0.25) is 0 Å². The first-order valence-electron chi connectivity index (χ1n) is 3.41. The number of carbonyl (C=O) groups excluding carboxylic acids is 2. The molecular formula is C7H10O3. The molecule has 1 fully saturated rings. The Morgan fingerprint density at radius 2 is 2.10 bits per heavy atom. The summed E-state index contributed by atoms with van der Waals surface area (Å²) in [5.74, 6) is -1.29. The zero-order valence-electron chi connectivity index (χ0n) is 6.09. The third kappa shape index (κ3) is 0.916. The lowest BCUT2D eigenvalue weighted by atomic mass is 10.0. The summed E-state index contributed by atoms with van der Waals surface area (Å²) < 4.78 is 4.75. The Hall–Kier alpha value is -0.860. The number of hydrogen-bond acceptors (Lipinski definition) is 3. The first-order valence-corrected chi connectivity index (χ1v) is 3.41. The summed E-state index contributed by atoms with van der Waals surface area (Å²) >= 11 is 0. The molecule has 0 amide bonds. The molecule has 0 unspecified atom stereocenters. The van der Waals surface area contributed by atoms with Crippen molar-refractivity contribution in [2.75, 3.05) is 0 Å². The van der Waals surface area contributed by atoms with Crippen LogP contribution < -0.4 is 0 Å². The van der Waals surface area contributed by atoms with Crippen LogP contribution in [0.15, 0.2) is 0 Å². The maximum absolute atomic E-state index is 10.8. The third-order valence-corrected chi connectivity index (χ3v) is 1.83. The van der Waals surface area contributed by atoms with Crippen LogP contribution in [0.5, 0.6) is 0 Å². The summed E-state index contributed by atoms with van der Waals surface area (Å²) in [6.07, 6.45) is 0.540. The third-order valence-electron chi connectivity index (χ3n) is 1.83. The molecule has 0 bridgehead atoms. The van der Waals surface area contributed by atoms with E-state index < -0.39 is 5.97 Å². The minimum absolute atomic E-state index is 0.181. The Morgan fingerprint density at radius 1 is 1.50 bits per heavy atom. The van der Waals surface area contributed by atoms with E-state index in [-0.39, 0.29) is 17.8 Å². The van der Waals surface area contributed by atoms with E-state index in [0.717, 1.165) is 6.42 Å². The summed E-state index contributed by atoms with van der Waals surface area (Å²) in [5.41, 5.74) is 0. The van der Waals surface area contributed by atoms with Crippen LogP contribution in [0.25, 0.3) is 0 Å². The van der Waals surface area contributed by atoms with Crippen molar-refractivity contribution >= 4 is 11.8 Å². The Bertz CT molecular complexity index is 174. The van der Waals surface area contributed by atoms with Gasteiger partial charge in [-0.3, -0.25) is 4.79 Å². The van der Waals surface area contributed by atoms with Gasteiger partial charge in [-0.25, -0.2) is 4.79 Å². The molecule has 1 rings (SSSR count). The zero-order chi connectivity index (χ0) is 7.72. The molecule has 2 atom stereocenters. The molecule has 0 saturated carbocycles. The average Bonchev–Trinajstić information content (AvgIpc) is 2.17. The topological polar surface area (TPSA) is 43.4 Å². The fourth-order valence-electron chi connectivity index (χ4n) is 1.09. The number of ketones is 1. The van der Waals surface area contributed by atoms with Crippen LogP contribution >= 0.6 is 0 Å². The van der Waals surface area contributed by atoms with Crippen LogP contribution in [-0.4, -0.2) is 17.9 Å². The van der Waals surface area contributed by atoms with E-state index in [4.69, 9.17) is 4.74 Å². The number of Topliss-reactive ketones (excluding diaryl/α,β-unsaturated/α-hetero) is 1. The van der Waals surface area contributed by atoms with E-state index in [1.54, 1.807) is 6.92 Å². The van der Waals surface area contributed by atoms with Gasteiger partial charge in [-0.15, -0.1) is 0 Å². The van der Waals surface area contributed by atoms with Crippen molar-refractivity contribution in [3.63, 3.8) is 0 Å². The van der Waals surface area contributed by atoms with Gasteiger partial charge >= 0.3 is 5.97 Å². The van der Waals surface area contributed by atoms with Gasteiger partial charge in [0, 0.05) is 0 Å². The van der Waals surface area contributed by atoms with Crippen molar-refractivity contribution in [2.45, 2.75) is 26.4 Å². The lowest BCUT2D eigenvalue weighted by molar-refractivity contribution is -0.148. The van der Waals surface area contributed by atoms with Gasteiger partial charge < -0.3 is 4.74 Å². The second kappa shape index (κ2) is 2.40. The summed E-state index contributed by atoms with van der Waals surface area (Å²) in [5, 5.41) is 0. The van der Waals surface area contributed by atoms with E-state index in [0.29, 0.717) is 0 Å². The summed E-state index contributed by atoms with van der Waals surface area (Å²) in [7, 11) is 0. The average molecular weight is 142 g/mol. The van der Waals surface area contributed by atoms with Gasteiger partial charge in [0.1, 0.15) is 6.10 Å². The van der Waals surface area contributed by atoms with Crippen molar-refractivity contribution in [1.82, 2.24) is 0 Å². The van der Waals surface area contributed by atoms with Crippen molar-refractivity contribution in [3.05, 3.63) is 0 Å². The van der Waals surface area contributed by atoms with Crippen molar-refractivity contribution < 1.29 is 14.3 Å². The molecule has 1 aliphatic heterocycles. The Balaban J connectivity index is 2.71. The predicted molar refractivity (Wildman–Crippen MR) is 34.3 cm³/mol. The molecule has 1 heterocycles. The molecule has 3 nitrogen and oxygen atoms in total. The Labute approximate surface area is 59.4 Å². The fraction of sp³-hybridized carbons (Fsp3) is 0.714. The molecule has 0 radical (unpaired) electrons. The lowest BCUT2D eigenvalue weighted by Crippen LogP contribution is -2.15. The van der Waals surface area contributed by atoms with Gasteiger partial charge in [-0.1, -0.05) is 13.8 Å². The normalized spacial score (nSPS) is 32.6. The highest BCUT2D eigenvalue weighted by molar-refractivity contribution is 6.36. The van der Waals surface area contributed by atoms with Gasteiger partial charge in [-0.2, -0.15) is 0 Å². The minimum atomic E-state index is -0.667. The number of ether oxygens (including phenoxy) is 1. The predicted octanol–water partition coefficient (Wildman–Crippen LogP) is 0.527. The quantitative estimate of drug-likeness (QED) is 0.396. The molecule has 3 heteroatoms. The maximum Gasteiger partial charge on any atom is 0.375 e. The maximum atomic E-state index is 10.8. The van der Waals surface area contributed by atoms with Gasteiger partial charge in [0.15, 0.2) is 0 Å². The Morgan fingerprint density at radius 3 is 2.30 bits per heavy atom. The molecule has 0 aromatic heterocycles. The summed E-state index contributed by atoms with van der Waals surface area (Å²) in [6.45, 7) is 3.62. The van der Waals surface area contributed by atoms with Crippen molar-refractivity contribution in [2.24, 2.45) is 5.92 Å². The zero-order valence-corrected chi connectivity index (χ0v) is 6.09. The molecule has 0 N–H and O–H groups in total. The monoisotopic (exact) mass is 142 g/mol. The number of hydrogen-bond donors (Lipinski definition) is 0. The first-order chi connectivity index (χ1) is 4.66. The summed E-state index contributed by atoms with van der Waals surface area (Å²) in [6, 6.07) is 0. The molecule has 1 aliphatic rings. The van der Waals surface area contributed by atoms with Crippen LogP contribution in [0.3, 0.4) is 0 Å². The van der Waals surface area contributed by atoms with Gasteiger partial charge in [0.25, 0.3) is 0 Å². The molecule has 56 valence electrons. The highest BCUT2D eigenvalue weighted by atomic mass is 16.6. The smallest absolute Gasteiger partial charge is 0.375 e. The molecule has 0 aromatic rings. The lowest BCUT2D eigenvalue weighted by Gasteiger charge is -2.07. The molecule has 1 saturated heterocycles. The van der Waals surface area contributed by atoms with E-state index in [1.807, 2.05) is 6.92 Å². The highest BCUT2D eigenvalue weighted by Crippen LogP contribution is 2.20. The first kappa shape index (κ1) is 7.25. The van der Waals surface area contributed by atoms with E-state index in [2.05, 4.69) is 0 Å². The largest absolute Gasteiger partial charge is 0.456 e. The van der Waals surface area contributed by atoms with Crippen LogP contribution in [0, 0.1) is 5.92 Å². The minimum Gasteiger partial charge on any atom is -0.456 e. The molecule has 0 aliphatic carbocycles. The standard InChI is InChI=1S/C7H10O3/c1-3-5-4(2)6(8)7(9)10-5/h4-5H,3H2,1-2H3/t4-,5+/m0/s1.